The summed E-state index contributed by atoms with van der Waals surface area (Å²) in [6.07, 6.45) is 5.42. The number of hydrazone groups is 1. The van der Waals surface area contributed by atoms with Crippen LogP contribution < -0.4 is 11.0 Å². The summed E-state index contributed by atoms with van der Waals surface area (Å²) < 4.78 is 0. The van der Waals surface area contributed by atoms with E-state index in [9.17, 15) is 4.79 Å². The second kappa shape index (κ2) is 2.23. The van der Waals surface area contributed by atoms with Crippen LogP contribution in [0.4, 0.5) is 0 Å². The van der Waals surface area contributed by atoms with E-state index in [1.165, 1.54) is 0 Å². The highest BCUT2D eigenvalue weighted by Gasteiger charge is 2.13. The Hall–Kier alpha value is -1.58. The van der Waals surface area contributed by atoms with Crippen LogP contribution in [-0.2, 0) is 4.79 Å². The monoisotopic (exact) mass is 149 g/mol. The molecule has 0 aromatic heterocycles. The van der Waals surface area contributed by atoms with Crippen molar-refractivity contribution in [3.05, 3.63) is 23.4 Å². The third-order valence-electron chi connectivity index (χ3n) is 1.62. The molecule has 0 amide bonds. The first-order valence-corrected chi connectivity index (χ1v) is 3.34. The highest BCUT2D eigenvalue weighted by molar-refractivity contribution is 6.00. The molecule has 11 heavy (non-hydrogen) atoms. The van der Waals surface area contributed by atoms with Gasteiger partial charge in [0, 0.05) is 12.0 Å². The second-order valence-electron chi connectivity index (χ2n) is 2.41. The molecule has 0 saturated heterocycles. The van der Waals surface area contributed by atoms with E-state index in [1.807, 2.05) is 0 Å². The van der Waals surface area contributed by atoms with E-state index in [1.54, 1.807) is 18.4 Å². The Morgan fingerprint density at radius 3 is 3.27 bits per heavy atom. The van der Waals surface area contributed by atoms with E-state index < -0.39 is 0 Å². The Labute approximate surface area is 63.6 Å². The summed E-state index contributed by atoms with van der Waals surface area (Å²) in [4.78, 5) is 10.9. The third-order valence-corrected chi connectivity index (χ3v) is 1.62. The van der Waals surface area contributed by atoms with Crippen LogP contribution in [-0.4, -0.2) is 12.0 Å². The second-order valence-corrected chi connectivity index (χ2v) is 2.41. The summed E-state index contributed by atoms with van der Waals surface area (Å²) in [6, 6.07) is 0. The fourth-order valence-electron chi connectivity index (χ4n) is 1.07. The maximum atomic E-state index is 10.9. The van der Waals surface area contributed by atoms with Crippen molar-refractivity contribution < 1.29 is 4.79 Å². The van der Waals surface area contributed by atoms with E-state index >= 15 is 0 Å². The molecule has 0 radical (unpaired) electrons. The number of hydrogen-bond acceptors (Lipinski definition) is 4. The molecular formula is C7H7N3O. The van der Waals surface area contributed by atoms with E-state index in [0.29, 0.717) is 6.42 Å². The van der Waals surface area contributed by atoms with Crippen molar-refractivity contribution in [2.75, 3.05) is 0 Å². The number of carbonyl (C=O) groups excluding carboxylic acids is 1. The van der Waals surface area contributed by atoms with Crippen molar-refractivity contribution >= 4 is 12.0 Å². The summed E-state index contributed by atoms with van der Waals surface area (Å²) in [5.41, 5.74) is 7.30. The van der Waals surface area contributed by atoms with Crippen molar-refractivity contribution in [1.29, 1.82) is 0 Å². The molecule has 2 aliphatic rings. The molecule has 56 valence electrons. The van der Waals surface area contributed by atoms with Crippen LogP contribution in [0.5, 0.6) is 0 Å². The summed E-state index contributed by atoms with van der Waals surface area (Å²) in [7, 11) is 0. The first kappa shape index (κ1) is 6.15. The van der Waals surface area contributed by atoms with Gasteiger partial charge < -0.3 is 0 Å². The van der Waals surface area contributed by atoms with Gasteiger partial charge in [0.1, 0.15) is 0 Å². The third kappa shape index (κ3) is 1.02. The summed E-state index contributed by atoms with van der Waals surface area (Å²) >= 11 is 0. The zero-order valence-corrected chi connectivity index (χ0v) is 5.79. The predicted octanol–water partition coefficient (Wildman–Crippen LogP) is -0.137. The highest BCUT2D eigenvalue weighted by atomic mass is 16.1. The lowest BCUT2D eigenvalue weighted by molar-refractivity contribution is -0.114. The molecule has 0 unspecified atom stereocenters. The smallest absolute Gasteiger partial charge is 0.160 e. The van der Waals surface area contributed by atoms with Gasteiger partial charge in [-0.1, -0.05) is 0 Å². The predicted molar refractivity (Wildman–Crippen MR) is 40.6 cm³/mol. The topological polar surface area (TPSA) is 53.5 Å². The van der Waals surface area contributed by atoms with Crippen molar-refractivity contribution in [3.63, 3.8) is 0 Å². The summed E-state index contributed by atoms with van der Waals surface area (Å²) in [5.74, 6) is 0.124. The van der Waals surface area contributed by atoms with E-state index in [-0.39, 0.29) is 5.78 Å². The molecule has 0 fully saturated rings. The SMILES string of the molecule is O=C1C=CC2=C(C=NNN2)C1. The van der Waals surface area contributed by atoms with Crippen molar-refractivity contribution in [2.45, 2.75) is 6.42 Å². The zero-order valence-electron chi connectivity index (χ0n) is 5.79. The van der Waals surface area contributed by atoms with Crippen LogP contribution in [0.2, 0.25) is 0 Å². The lowest BCUT2D eigenvalue weighted by Gasteiger charge is -2.17. The molecule has 1 aliphatic carbocycles. The Morgan fingerprint density at radius 2 is 2.36 bits per heavy atom. The number of rotatable bonds is 0. The molecule has 2 N–H and O–H groups in total. The van der Waals surface area contributed by atoms with Crippen LogP contribution in [0.1, 0.15) is 6.42 Å². The van der Waals surface area contributed by atoms with Gasteiger partial charge in [-0.15, -0.1) is 0 Å². The van der Waals surface area contributed by atoms with Crippen LogP contribution in [0.15, 0.2) is 28.5 Å². The van der Waals surface area contributed by atoms with Crippen LogP contribution in [0, 0.1) is 0 Å². The number of allylic oxidation sites excluding steroid dienone is 3. The number of carbonyl (C=O) groups is 1. The molecule has 2 rings (SSSR count). The van der Waals surface area contributed by atoms with Crippen LogP contribution >= 0.6 is 0 Å². The average molecular weight is 149 g/mol. The normalized spacial score (nSPS) is 20.9. The first-order valence-electron chi connectivity index (χ1n) is 3.34. The number of nitrogens with zero attached hydrogens (tertiary/aromatic N) is 1. The quantitative estimate of drug-likeness (QED) is 0.504. The van der Waals surface area contributed by atoms with Crippen molar-refractivity contribution in [1.82, 2.24) is 11.0 Å². The zero-order chi connectivity index (χ0) is 7.68. The van der Waals surface area contributed by atoms with E-state index in [0.717, 1.165) is 11.3 Å². The van der Waals surface area contributed by atoms with Gasteiger partial charge in [-0.25, -0.2) is 5.53 Å². The van der Waals surface area contributed by atoms with Crippen LogP contribution in [0.25, 0.3) is 0 Å². The van der Waals surface area contributed by atoms with Gasteiger partial charge in [-0.05, 0) is 12.2 Å². The molecule has 0 saturated carbocycles. The van der Waals surface area contributed by atoms with Crippen molar-refractivity contribution in [3.8, 4) is 0 Å². The molecule has 4 heteroatoms. The molecule has 0 aromatic rings. The molecule has 0 spiro atoms. The van der Waals surface area contributed by atoms with E-state index in [4.69, 9.17) is 0 Å². The largest absolute Gasteiger partial charge is 0.294 e. The highest BCUT2D eigenvalue weighted by Crippen LogP contribution is 2.13. The Bertz CT molecular complexity index is 288. The summed E-state index contributed by atoms with van der Waals surface area (Å²) in [5, 5.41) is 3.77. The standard InChI is InChI=1S/C7H7N3O/c11-6-1-2-7-5(3-6)4-8-10-9-7/h1-2,4,9-10H,3H2. The van der Waals surface area contributed by atoms with Crippen LogP contribution in [0.3, 0.4) is 0 Å². The summed E-state index contributed by atoms with van der Waals surface area (Å²) in [6.45, 7) is 0. The Balaban J connectivity index is 2.34. The number of hydrogen-bond donors (Lipinski definition) is 2. The molecule has 4 nitrogen and oxygen atoms in total. The molecular weight excluding hydrogens is 142 g/mol. The average Bonchev–Trinajstić information content (AvgIpc) is 2.04. The van der Waals surface area contributed by atoms with Gasteiger partial charge in [0.25, 0.3) is 0 Å². The molecule has 1 aliphatic heterocycles. The van der Waals surface area contributed by atoms with Crippen molar-refractivity contribution in [2.24, 2.45) is 5.10 Å². The fourth-order valence-corrected chi connectivity index (χ4v) is 1.07. The van der Waals surface area contributed by atoms with Gasteiger partial charge >= 0.3 is 0 Å². The molecule has 1 heterocycles. The number of hydrazine groups is 1. The van der Waals surface area contributed by atoms with Gasteiger partial charge in [-0.2, -0.15) is 5.10 Å². The molecule has 0 atom stereocenters. The number of nitrogens with one attached hydrogen (secondary N) is 2. The lowest BCUT2D eigenvalue weighted by Crippen LogP contribution is -2.31. The maximum absolute atomic E-state index is 10.9. The minimum atomic E-state index is 0.124. The van der Waals surface area contributed by atoms with Gasteiger partial charge in [0.05, 0.1) is 11.9 Å². The Morgan fingerprint density at radius 1 is 1.45 bits per heavy atom. The molecule has 0 aromatic carbocycles. The van der Waals surface area contributed by atoms with E-state index in [2.05, 4.69) is 16.1 Å². The lowest BCUT2D eigenvalue weighted by atomic mass is 10.0. The maximum Gasteiger partial charge on any atom is 0.160 e. The van der Waals surface area contributed by atoms with Gasteiger partial charge in [0.15, 0.2) is 5.78 Å². The van der Waals surface area contributed by atoms with Gasteiger partial charge in [-0.3, -0.25) is 10.2 Å². The minimum absolute atomic E-state index is 0.124. The fraction of sp³-hybridized carbons (Fsp3) is 0.143. The Kier molecular flexibility index (Phi) is 1.25. The minimum Gasteiger partial charge on any atom is -0.294 e. The first-order chi connectivity index (χ1) is 5.36. The van der Waals surface area contributed by atoms with Gasteiger partial charge in [0.2, 0.25) is 0 Å². The number of ketones is 1. The molecule has 0 bridgehead atoms.